The number of carbonyl (C=O) groups is 2. The van der Waals surface area contributed by atoms with Crippen LogP contribution >= 0.6 is 0 Å². The van der Waals surface area contributed by atoms with Crippen molar-refractivity contribution in [2.75, 3.05) is 33.0 Å². The summed E-state index contributed by atoms with van der Waals surface area (Å²) < 4.78 is 17.0. The van der Waals surface area contributed by atoms with Gasteiger partial charge in [-0.05, 0) is 25.1 Å². The lowest BCUT2D eigenvalue weighted by Crippen LogP contribution is -2.17. The van der Waals surface area contributed by atoms with E-state index in [1.807, 2.05) is 6.92 Å². The van der Waals surface area contributed by atoms with Crippen molar-refractivity contribution in [2.45, 2.75) is 13.5 Å². The van der Waals surface area contributed by atoms with Crippen molar-refractivity contribution in [1.82, 2.24) is 4.57 Å². The van der Waals surface area contributed by atoms with Crippen LogP contribution in [0.4, 0.5) is 0 Å². The molecule has 0 radical (unpaired) electrons. The normalized spacial score (nSPS) is 11.0. The number of aliphatic carboxylic acids is 1. The van der Waals surface area contributed by atoms with Gasteiger partial charge in [0.15, 0.2) is 0 Å². The average molecular weight is 311 g/mol. The maximum absolute atomic E-state index is 11.7. The summed E-state index contributed by atoms with van der Waals surface area (Å²) in [7, 11) is 0. The molecule has 0 aliphatic heterocycles. The van der Waals surface area contributed by atoms with Crippen molar-refractivity contribution in [3.05, 3.63) is 30.1 Å². The summed E-state index contributed by atoms with van der Waals surface area (Å²) in [5, 5.41) is 8.60. The third kappa shape index (κ3) is 7.61. The molecule has 1 aromatic rings. The first-order valence-electron chi connectivity index (χ1n) is 7.00. The fourth-order valence-corrected chi connectivity index (χ4v) is 1.64. The van der Waals surface area contributed by atoms with Crippen LogP contribution in [0.2, 0.25) is 0 Å². The number of rotatable bonds is 11. The first-order valence-corrected chi connectivity index (χ1v) is 7.00. The van der Waals surface area contributed by atoms with Gasteiger partial charge in [0.05, 0.1) is 19.8 Å². The molecule has 0 unspecified atom stereocenters. The minimum Gasteiger partial charge on any atom is -0.478 e. The van der Waals surface area contributed by atoms with Crippen LogP contribution in [0.5, 0.6) is 0 Å². The number of carboxylic acids is 1. The molecule has 0 atom stereocenters. The van der Waals surface area contributed by atoms with E-state index in [0.29, 0.717) is 32.1 Å². The van der Waals surface area contributed by atoms with Crippen molar-refractivity contribution < 1.29 is 28.9 Å². The minimum atomic E-state index is -1.04. The van der Waals surface area contributed by atoms with E-state index in [-0.39, 0.29) is 13.2 Å². The Labute approximate surface area is 129 Å². The van der Waals surface area contributed by atoms with E-state index < -0.39 is 11.9 Å². The van der Waals surface area contributed by atoms with E-state index in [2.05, 4.69) is 0 Å². The van der Waals surface area contributed by atoms with E-state index in [1.165, 1.54) is 6.08 Å². The Kier molecular flexibility index (Phi) is 8.63. The number of carboxylic acid groups (broad SMARTS) is 1. The number of carbonyl (C=O) groups excluding carboxylic acids is 1. The topological polar surface area (TPSA) is 87.0 Å². The van der Waals surface area contributed by atoms with Crippen molar-refractivity contribution in [3.63, 3.8) is 0 Å². The van der Waals surface area contributed by atoms with Crippen molar-refractivity contribution in [2.24, 2.45) is 0 Å². The molecule has 22 heavy (non-hydrogen) atoms. The molecule has 7 nitrogen and oxygen atoms in total. The molecule has 0 saturated heterocycles. The van der Waals surface area contributed by atoms with Crippen LogP contribution in [0.3, 0.4) is 0 Å². The van der Waals surface area contributed by atoms with E-state index in [0.717, 1.165) is 6.08 Å². The summed E-state index contributed by atoms with van der Waals surface area (Å²) in [6, 6.07) is 3.44. The highest BCUT2D eigenvalue weighted by Gasteiger charge is 2.06. The van der Waals surface area contributed by atoms with Crippen LogP contribution in [0, 0.1) is 0 Å². The third-order valence-electron chi connectivity index (χ3n) is 2.63. The third-order valence-corrected chi connectivity index (χ3v) is 2.63. The number of nitrogens with zero attached hydrogens (tertiary/aromatic N) is 1. The first kappa shape index (κ1) is 17.9. The molecule has 1 N–H and O–H groups in total. The fourth-order valence-electron chi connectivity index (χ4n) is 1.64. The maximum Gasteiger partial charge on any atom is 0.328 e. The van der Waals surface area contributed by atoms with Crippen molar-refractivity contribution in [1.29, 1.82) is 0 Å². The van der Waals surface area contributed by atoms with Crippen LogP contribution in [-0.4, -0.2) is 54.6 Å². The molecule has 0 bridgehead atoms. The summed E-state index contributed by atoms with van der Waals surface area (Å²) in [6.45, 7) is 4.05. The lowest BCUT2D eigenvalue weighted by Gasteiger charge is -2.08. The molecule has 0 saturated carbocycles. The number of esters is 1. The molecule has 122 valence electrons. The van der Waals surface area contributed by atoms with E-state index in [1.54, 1.807) is 22.9 Å². The van der Waals surface area contributed by atoms with Crippen LogP contribution in [0.15, 0.2) is 24.4 Å². The Morgan fingerprint density at radius 3 is 2.68 bits per heavy atom. The molecular formula is C15H21NO6. The summed E-state index contributed by atoms with van der Waals surface area (Å²) in [5.74, 6) is -1.45. The van der Waals surface area contributed by atoms with Crippen LogP contribution < -0.4 is 0 Å². The minimum absolute atomic E-state index is 0.0191. The number of ether oxygens (including phenoxy) is 3. The zero-order chi connectivity index (χ0) is 16.2. The number of hydrogen-bond acceptors (Lipinski definition) is 5. The fraction of sp³-hybridized carbons (Fsp3) is 0.467. The Morgan fingerprint density at radius 2 is 1.95 bits per heavy atom. The quantitative estimate of drug-likeness (QED) is 0.375. The standard InChI is InChI=1S/C15H21NO6/c1-2-20-8-9-21-10-11-22-15(19)12-16-7-3-4-13(16)5-6-14(17)18/h3-7H,2,8-12H2,1H3,(H,17,18)/b6-5+. The highest BCUT2D eigenvalue weighted by atomic mass is 16.6. The molecule has 0 aliphatic carbocycles. The number of hydrogen-bond donors (Lipinski definition) is 1. The van der Waals surface area contributed by atoms with Crippen LogP contribution in [0.25, 0.3) is 6.08 Å². The molecule has 1 rings (SSSR count). The van der Waals surface area contributed by atoms with Gasteiger partial charge in [-0.2, -0.15) is 0 Å². The smallest absolute Gasteiger partial charge is 0.328 e. The summed E-state index contributed by atoms with van der Waals surface area (Å²) in [4.78, 5) is 22.2. The Morgan fingerprint density at radius 1 is 1.23 bits per heavy atom. The van der Waals surface area contributed by atoms with Gasteiger partial charge >= 0.3 is 11.9 Å². The molecule has 0 fully saturated rings. The van der Waals surface area contributed by atoms with E-state index in [4.69, 9.17) is 19.3 Å². The van der Waals surface area contributed by atoms with E-state index in [9.17, 15) is 9.59 Å². The summed E-state index contributed by atoms with van der Waals surface area (Å²) >= 11 is 0. The predicted octanol–water partition coefficient (Wildman–Crippen LogP) is 1.18. The van der Waals surface area contributed by atoms with Crippen molar-refractivity contribution >= 4 is 18.0 Å². The highest BCUT2D eigenvalue weighted by molar-refractivity contribution is 5.85. The Bertz CT molecular complexity index is 494. The lowest BCUT2D eigenvalue weighted by molar-refractivity contribution is -0.146. The van der Waals surface area contributed by atoms with Gasteiger partial charge < -0.3 is 23.9 Å². The SMILES string of the molecule is CCOCCOCCOC(=O)Cn1cccc1/C=C/C(=O)O. The molecule has 7 heteroatoms. The van der Waals surface area contributed by atoms with Gasteiger partial charge in [0.25, 0.3) is 0 Å². The highest BCUT2D eigenvalue weighted by Crippen LogP contribution is 2.05. The summed E-state index contributed by atoms with van der Waals surface area (Å²) in [5.41, 5.74) is 0.618. The Hall–Kier alpha value is -2.12. The largest absolute Gasteiger partial charge is 0.478 e. The zero-order valence-corrected chi connectivity index (χ0v) is 12.6. The predicted molar refractivity (Wildman–Crippen MR) is 79.4 cm³/mol. The maximum atomic E-state index is 11.7. The second kappa shape index (κ2) is 10.6. The lowest BCUT2D eigenvalue weighted by atomic mass is 10.3. The van der Waals surface area contributed by atoms with Gasteiger partial charge in [-0.25, -0.2) is 4.79 Å². The van der Waals surface area contributed by atoms with Gasteiger partial charge in [-0.1, -0.05) is 0 Å². The molecule has 0 spiro atoms. The monoisotopic (exact) mass is 311 g/mol. The molecule has 1 heterocycles. The molecule has 0 amide bonds. The van der Waals surface area contributed by atoms with Gasteiger partial charge in [0, 0.05) is 24.6 Å². The van der Waals surface area contributed by atoms with Gasteiger partial charge in [-0.15, -0.1) is 0 Å². The van der Waals surface area contributed by atoms with Gasteiger partial charge in [0.2, 0.25) is 0 Å². The second-order valence-corrected chi connectivity index (χ2v) is 4.26. The summed E-state index contributed by atoms with van der Waals surface area (Å²) in [6.07, 6.45) is 4.12. The average Bonchev–Trinajstić information content (AvgIpc) is 2.91. The molecule has 1 aromatic heterocycles. The second-order valence-electron chi connectivity index (χ2n) is 4.26. The van der Waals surface area contributed by atoms with E-state index >= 15 is 0 Å². The molecular weight excluding hydrogens is 290 g/mol. The zero-order valence-electron chi connectivity index (χ0n) is 12.6. The van der Waals surface area contributed by atoms with Gasteiger partial charge in [0.1, 0.15) is 13.2 Å². The molecule has 0 aliphatic rings. The first-order chi connectivity index (χ1) is 10.6. The van der Waals surface area contributed by atoms with Crippen LogP contribution in [-0.2, 0) is 30.3 Å². The van der Waals surface area contributed by atoms with Crippen molar-refractivity contribution in [3.8, 4) is 0 Å². The van der Waals surface area contributed by atoms with Crippen LogP contribution in [0.1, 0.15) is 12.6 Å². The number of aromatic nitrogens is 1. The Balaban J connectivity index is 2.25. The molecule has 0 aromatic carbocycles. The van der Waals surface area contributed by atoms with Gasteiger partial charge in [-0.3, -0.25) is 4.79 Å².